The molecule has 0 aromatic rings. The Hall–Kier alpha value is 0.110. The zero-order valence-corrected chi connectivity index (χ0v) is 8.28. The van der Waals surface area contributed by atoms with Crippen LogP contribution in [0.2, 0.25) is 0 Å². The average molecular weight is 175 g/mol. The van der Waals surface area contributed by atoms with Crippen molar-refractivity contribution in [1.29, 1.82) is 0 Å². The van der Waals surface area contributed by atoms with Crippen LogP contribution in [-0.2, 0) is 10.8 Å². The molecule has 1 aliphatic rings. The molecule has 0 aromatic carbocycles. The molecule has 2 nitrogen and oxygen atoms in total. The third-order valence-corrected chi connectivity index (χ3v) is 4.02. The first-order valence-electron chi connectivity index (χ1n) is 4.22. The second kappa shape index (κ2) is 3.68. The molecule has 0 spiro atoms. The van der Waals surface area contributed by atoms with Gasteiger partial charge in [-0.1, -0.05) is 13.8 Å². The van der Waals surface area contributed by atoms with Crippen molar-refractivity contribution in [3.63, 3.8) is 0 Å². The van der Waals surface area contributed by atoms with Crippen LogP contribution in [-0.4, -0.2) is 27.8 Å². The summed E-state index contributed by atoms with van der Waals surface area (Å²) in [6, 6.07) is 0.465. The molecule has 1 fully saturated rings. The minimum absolute atomic E-state index is 0.338. The van der Waals surface area contributed by atoms with Crippen LogP contribution < -0.4 is 5.32 Å². The average Bonchev–Trinajstić information content (AvgIpc) is 1.94. The van der Waals surface area contributed by atoms with Crippen LogP contribution >= 0.6 is 0 Å². The summed E-state index contributed by atoms with van der Waals surface area (Å²) in [4.78, 5) is 0. The Bertz CT molecular complexity index is 158. The molecule has 11 heavy (non-hydrogen) atoms. The van der Waals surface area contributed by atoms with Gasteiger partial charge in [0.1, 0.15) is 0 Å². The van der Waals surface area contributed by atoms with Gasteiger partial charge in [0.2, 0.25) is 0 Å². The first-order valence-corrected chi connectivity index (χ1v) is 5.60. The largest absolute Gasteiger partial charge is 0.312 e. The molecule has 1 N–H and O–H groups in total. The Labute approximate surface area is 71.2 Å². The van der Waals surface area contributed by atoms with Gasteiger partial charge in [-0.25, -0.2) is 0 Å². The summed E-state index contributed by atoms with van der Waals surface area (Å²) in [6.45, 7) is 7.30. The van der Waals surface area contributed by atoms with Crippen molar-refractivity contribution in [2.24, 2.45) is 5.92 Å². The van der Waals surface area contributed by atoms with Crippen molar-refractivity contribution in [2.75, 3.05) is 12.3 Å². The lowest BCUT2D eigenvalue weighted by atomic mass is 10.1. The maximum atomic E-state index is 11.4. The van der Waals surface area contributed by atoms with Crippen molar-refractivity contribution >= 4 is 10.8 Å². The number of nitrogens with one attached hydrogen (secondary N) is 1. The van der Waals surface area contributed by atoms with Gasteiger partial charge in [0.25, 0.3) is 0 Å². The number of hydrogen-bond donors (Lipinski definition) is 1. The molecule has 3 unspecified atom stereocenters. The molecule has 0 aliphatic carbocycles. The minimum Gasteiger partial charge on any atom is -0.312 e. The molecule has 3 atom stereocenters. The van der Waals surface area contributed by atoms with Crippen LogP contribution in [0.1, 0.15) is 20.8 Å². The van der Waals surface area contributed by atoms with Crippen LogP contribution in [0.5, 0.6) is 0 Å². The highest BCUT2D eigenvalue weighted by Gasteiger charge is 2.25. The first kappa shape index (κ1) is 9.20. The summed E-state index contributed by atoms with van der Waals surface area (Å²) in [5, 5.41) is 3.74. The lowest BCUT2D eigenvalue weighted by Crippen LogP contribution is -2.49. The van der Waals surface area contributed by atoms with Gasteiger partial charge in [0.05, 0.1) is 0 Å². The van der Waals surface area contributed by atoms with Crippen molar-refractivity contribution in [3.8, 4) is 0 Å². The van der Waals surface area contributed by atoms with Gasteiger partial charge < -0.3 is 5.32 Å². The summed E-state index contributed by atoms with van der Waals surface area (Å²) >= 11 is 0. The summed E-state index contributed by atoms with van der Waals surface area (Å²) < 4.78 is 11.4. The lowest BCUT2D eigenvalue weighted by Gasteiger charge is -2.29. The number of hydrogen-bond acceptors (Lipinski definition) is 2. The van der Waals surface area contributed by atoms with Gasteiger partial charge in [0.15, 0.2) is 0 Å². The molecule has 0 amide bonds. The minimum atomic E-state index is -0.598. The fraction of sp³-hybridized carbons (Fsp3) is 1.00. The van der Waals surface area contributed by atoms with E-state index < -0.39 is 10.8 Å². The topological polar surface area (TPSA) is 29.1 Å². The smallest absolute Gasteiger partial charge is 0.0445 e. The van der Waals surface area contributed by atoms with Gasteiger partial charge in [-0.05, 0) is 12.8 Å². The fourth-order valence-electron chi connectivity index (χ4n) is 1.24. The monoisotopic (exact) mass is 175 g/mol. The summed E-state index contributed by atoms with van der Waals surface area (Å²) in [5.74, 6) is 1.44. The molecule has 1 rings (SSSR count). The van der Waals surface area contributed by atoms with E-state index in [9.17, 15) is 4.21 Å². The van der Waals surface area contributed by atoms with Gasteiger partial charge in [-0.2, -0.15) is 0 Å². The standard InChI is InChI=1S/C8H17NOS/c1-6(2)8-5-11(10)7(3)4-9-8/h6-9H,4-5H2,1-3H3. The third kappa shape index (κ3) is 2.27. The van der Waals surface area contributed by atoms with Gasteiger partial charge in [0, 0.05) is 34.4 Å². The van der Waals surface area contributed by atoms with Gasteiger partial charge in [-0.15, -0.1) is 0 Å². The molecule has 0 radical (unpaired) electrons. The van der Waals surface area contributed by atoms with E-state index in [1.54, 1.807) is 0 Å². The maximum absolute atomic E-state index is 11.4. The predicted octanol–water partition coefficient (Wildman–Crippen LogP) is 0.751. The Balaban J connectivity index is 2.46. The van der Waals surface area contributed by atoms with Crippen LogP contribution in [0.3, 0.4) is 0 Å². The lowest BCUT2D eigenvalue weighted by molar-refractivity contribution is 0.418. The van der Waals surface area contributed by atoms with Crippen molar-refractivity contribution < 1.29 is 4.21 Å². The van der Waals surface area contributed by atoms with E-state index in [1.807, 2.05) is 6.92 Å². The highest BCUT2D eigenvalue weighted by molar-refractivity contribution is 7.85. The van der Waals surface area contributed by atoms with Crippen molar-refractivity contribution in [3.05, 3.63) is 0 Å². The van der Waals surface area contributed by atoms with Crippen LogP contribution in [0.25, 0.3) is 0 Å². The molecule has 0 saturated carbocycles. The van der Waals surface area contributed by atoms with Gasteiger partial charge in [-0.3, -0.25) is 4.21 Å². The fourth-order valence-corrected chi connectivity index (χ4v) is 2.71. The quantitative estimate of drug-likeness (QED) is 0.637. The molecule has 1 aliphatic heterocycles. The van der Waals surface area contributed by atoms with Crippen LogP contribution in [0, 0.1) is 5.92 Å². The normalized spacial score (nSPS) is 39.5. The molecule has 3 heteroatoms. The van der Waals surface area contributed by atoms with Crippen LogP contribution in [0.4, 0.5) is 0 Å². The van der Waals surface area contributed by atoms with E-state index in [-0.39, 0.29) is 0 Å². The zero-order chi connectivity index (χ0) is 8.43. The van der Waals surface area contributed by atoms with E-state index in [2.05, 4.69) is 19.2 Å². The van der Waals surface area contributed by atoms with Crippen molar-refractivity contribution in [1.82, 2.24) is 5.32 Å². The highest BCUT2D eigenvalue weighted by atomic mass is 32.2. The van der Waals surface area contributed by atoms with E-state index in [0.29, 0.717) is 17.2 Å². The molecular weight excluding hydrogens is 158 g/mol. The van der Waals surface area contributed by atoms with E-state index in [1.165, 1.54) is 0 Å². The summed E-state index contributed by atoms with van der Waals surface area (Å²) in [5.41, 5.74) is 0. The molecule has 1 saturated heterocycles. The number of rotatable bonds is 1. The third-order valence-electron chi connectivity index (χ3n) is 2.26. The van der Waals surface area contributed by atoms with Gasteiger partial charge >= 0.3 is 0 Å². The Morgan fingerprint density at radius 3 is 2.64 bits per heavy atom. The zero-order valence-electron chi connectivity index (χ0n) is 7.46. The van der Waals surface area contributed by atoms with E-state index >= 15 is 0 Å². The van der Waals surface area contributed by atoms with E-state index in [4.69, 9.17) is 0 Å². The first-order chi connectivity index (χ1) is 5.11. The highest BCUT2D eigenvalue weighted by Crippen LogP contribution is 2.11. The van der Waals surface area contributed by atoms with Crippen LogP contribution in [0.15, 0.2) is 0 Å². The van der Waals surface area contributed by atoms with E-state index in [0.717, 1.165) is 12.3 Å². The Morgan fingerprint density at radius 2 is 2.18 bits per heavy atom. The molecule has 0 bridgehead atoms. The second-order valence-corrected chi connectivity index (χ2v) is 5.52. The molecule has 0 aromatic heterocycles. The van der Waals surface area contributed by atoms with Crippen molar-refractivity contribution in [2.45, 2.75) is 32.1 Å². The Kier molecular flexibility index (Phi) is 3.07. The maximum Gasteiger partial charge on any atom is 0.0445 e. The summed E-state index contributed by atoms with van der Waals surface area (Å²) in [7, 11) is -0.598. The molecule has 66 valence electrons. The predicted molar refractivity (Wildman–Crippen MR) is 49.1 cm³/mol. The Morgan fingerprint density at radius 1 is 1.55 bits per heavy atom. The SMILES string of the molecule is CC(C)C1CS(=O)C(C)CN1. The molecule has 1 heterocycles. The summed E-state index contributed by atoms with van der Waals surface area (Å²) in [6.07, 6.45) is 0. The second-order valence-electron chi connectivity index (χ2n) is 3.62. The molecular formula is C8H17NOS.